The van der Waals surface area contributed by atoms with E-state index in [1.54, 1.807) is 18.2 Å². The third-order valence-electron chi connectivity index (χ3n) is 2.65. The van der Waals surface area contributed by atoms with Gasteiger partial charge in [0.05, 0.1) is 10.2 Å². The van der Waals surface area contributed by atoms with Gasteiger partial charge in [0.25, 0.3) is 0 Å². The molecule has 2 aromatic carbocycles. The number of thiazole rings is 1. The molecule has 3 rings (SSSR count). The first-order valence-corrected chi connectivity index (χ1v) is 6.35. The van der Waals surface area contributed by atoms with E-state index in [0.29, 0.717) is 5.52 Å². The van der Waals surface area contributed by atoms with Crippen molar-refractivity contribution in [2.24, 2.45) is 0 Å². The van der Waals surface area contributed by atoms with E-state index in [9.17, 15) is 14.3 Å². The quantitative estimate of drug-likeness (QED) is 0.728. The van der Waals surface area contributed by atoms with Crippen molar-refractivity contribution < 1.29 is 14.3 Å². The highest BCUT2D eigenvalue weighted by Gasteiger charge is 2.15. The molecular weight excluding hydrogens is 265 g/mol. The number of aromatic hydroxyl groups is 1. The van der Waals surface area contributed by atoms with E-state index < -0.39 is 5.82 Å². The summed E-state index contributed by atoms with van der Waals surface area (Å²) in [4.78, 5) is 16.4. The molecule has 0 spiro atoms. The van der Waals surface area contributed by atoms with Crippen LogP contribution >= 0.6 is 11.3 Å². The predicted octanol–water partition coefficient (Wildman–Crippen LogP) is 3.37. The molecular formula is C14H8FNO2S. The number of phenolic OH excluding ortho intramolecular Hbond substituents is 1. The van der Waals surface area contributed by atoms with E-state index >= 15 is 0 Å². The summed E-state index contributed by atoms with van der Waals surface area (Å²) in [6.45, 7) is 0. The highest BCUT2D eigenvalue weighted by atomic mass is 32.1. The Kier molecular flexibility index (Phi) is 2.76. The molecule has 94 valence electrons. The van der Waals surface area contributed by atoms with Crippen molar-refractivity contribution in [3.8, 4) is 5.75 Å². The number of carbonyl (C=O) groups is 1. The van der Waals surface area contributed by atoms with Gasteiger partial charge < -0.3 is 5.11 Å². The number of carbonyl (C=O) groups excluding carboxylic acids is 1. The molecule has 0 radical (unpaired) electrons. The van der Waals surface area contributed by atoms with Crippen molar-refractivity contribution in [1.29, 1.82) is 0 Å². The van der Waals surface area contributed by atoms with E-state index in [1.165, 1.54) is 35.6 Å². The Morgan fingerprint density at radius 2 is 2.05 bits per heavy atom. The van der Waals surface area contributed by atoms with Crippen molar-refractivity contribution in [3.63, 3.8) is 0 Å². The van der Waals surface area contributed by atoms with Crippen LogP contribution in [0.1, 0.15) is 15.4 Å². The van der Waals surface area contributed by atoms with Crippen LogP contribution < -0.4 is 0 Å². The minimum Gasteiger partial charge on any atom is -0.508 e. The maximum Gasteiger partial charge on any atom is 0.221 e. The van der Waals surface area contributed by atoms with Gasteiger partial charge in [-0.15, -0.1) is 11.3 Å². The smallest absolute Gasteiger partial charge is 0.221 e. The molecule has 0 saturated carbocycles. The highest BCUT2D eigenvalue weighted by Crippen LogP contribution is 2.27. The molecule has 0 fully saturated rings. The van der Waals surface area contributed by atoms with E-state index in [1.807, 2.05) is 0 Å². The van der Waals surface area contributed by atoms with Gasteiger partial charge in [0.1, 0.15) is 11.6 Å². The SMILES string of the molecule is O=C(c1cccc(F)c1)c1nc2ccc(O)cc2s1. The molecule has 0 unspecified atom stereocenters. The average molecular weight is 273 g/mol. The number of fused-ring (bicyclic) bond motifs is 1. The summed E-state index contributed by atoms with van der Waals surface area (Å²) < 4.78 is 13.8. The Hall–Kier alpha value is -2.27. The van der Waals surface area contributed by atoms with Crippen LogP contribution in [-0.2, 0) is 0 Å². The first-order chi connectivity index (χ1) is 9.13. The van der Waals surface area contributed by atoms with Gasteiger partial charge in [-0.05, 0) is 30.3 Å². The fourth-order valence-electron chi connectivity index (χ4n) is 1.76. The molecule has 0 aliphatic heterocycles. The number of hydrogen-bond donors (Lipinski definition) is 1. The minimum absolute atomic E-state index is 0.126. The van der Waals surface area contributed by atoms with Crippen LogP contribution in [0.5, 0.6) is 5.75 Å². The highest BCUT2D eigenvalue weighted by molar-refractivity contribution is 7.20. The fourth-order valence-corrected chi connectivity index (χ4v) is 2.72. The van der Waals surface area contributed by atoms with Crippen molar-refractivity contribution in [1.82, 2.24) is 4.98 Å². The van der Waals surface area contributed by atoms with Gasteiger partial charge in [-0.3, -0.25) is 4.79 Å². The first-order valence-electron chi connectivity index (χ1n) is 5.53. The van der Waals surface area contributed by atoms with E-state index in [-0.39, 0.29) is 22.1 Å². The standard InChI is InChI=1S/C14H8FNO2S/c15-9-3-1-2-8(6-9)13(18)14-16-11-5-4-10(17)7-12(11)19-14/h1-7,17H. The van der Waals surface area contributed by atoms with Crippen molar-refractivity contribution in [2.45, 2.75) is 0 Å². The number of ketones is 1. The Balaban J connectivity index is 2.06. The second kappa shape index (κ2) is 4.44. The first kappa shape index (κ1) is 11.8. The van der Waals surface area contributed by atoms with Gasteiger partial charge >= 0.3 is 0 Å². The van der Waals surface area contributed by atoms with Crippen molar-refractivity contribution >= 4 is 27.3 Å². The van der Waals surface area contributed by atoms with Gasteiger partial charge in [-0.25, -0.2) is 9.37 Å². The summed E-state index contributed by atoms with van der Waals surface area (Å²) in [6, 6.07) is 10.2. The van der Waals surface area contributed by atoms with Crippen LogP contribution in [0.2, 0.25) is 0 Å². The molecule has 3 nitrogen and oxygen atoms in total. The molecule has 1 aromatic heterocycles. The lowest BCUT2D eigenvalue weighted by molar-refractivity contribution is 0.103. The number of nitrogens with zero attached hydrogens (tertiary/aromatic N) is 1. The summed E-state index contributed by atoms with van der Waals surface area (Å²) in [5.41, 5.74) is 0.908. The van der Waals surface area contributed by atoms with Crippen LogP contribution in [0.3, 0.4) is 0 Å². The van der Waals surface area contributed by atoms with Crippen LogP contribution in [0.15, 0.2) is 42.5 Å². The minimum atomic E-state index is -0.454. The summed E-state index contributed by atoms with van der Waals surface area (Å²) in [6.07, 6.45) is 0. The number of halogens is 1. The van der Waals surface area contributed by atoms with Gasteiger partial charge in [-0.1, -0.05) is 12.1 Å². The largest absolute Gasteiger partial charge is 0.508 e. The Morgan fingerprint density at radius 3 is 2.84 bits per heavy atom. The zero-order valence-electron chi connectivity index (χ0n) is 9.63. The summed E-state index contributed by atoms with van der Waals surface area (Å²) >= 11 is 1.18. The monoisotopic (exact) mass is 273 g/mol. The lowest BCUT2D eigenvalue weighted by atomic mass is 10.1. The van der Waals surface area contributed by atoms with Gasteiger partial charge in [0.2, 0.25) is 5.78 Å². The zero-order chi connectivity index (χ0) is 13.4. The summed E-state index contributed by atoms with van der Waals surface area (Å²) in [5, 5.41) is 9.66. The maximum absolute atomic E-state index is 13.1. The van der Waals surface area contributed by atoms with Gasteiger partial charge in [-0.2, -0.15) is 0 Å². The molecule has 1 N–H and O–H groups in total. The normalized spacial score (nSPS) is 10.8. The lowest BCUT2D eigenvalue weighted by Gasteiger charge is -1.96. The van der Waals surface area contributed by atoms with E-state index in [2.05, 4.69) is 4.98 Å². The topological polar surface area (TPSA) is 50.2 Å². The molecule has 0 bridgehead atoms. The number of rotatable bonds is 2. The number of phenols is 1. The van der Waals surface area contributed by atoms with Crippen LogP contribution in [-0.4, -0.2) is 15.9 Å². The second-order valence-corrected chi connectivity index (χ2v) is 5.04. The molecule has 1 heterocycles. The van der Waals surface area contributed by atoms with E-state index in [0.717, 1.165) is 4.70 Å². The molecule has 3 aromatic rings. The summed E-state index contributed by atoms with van der Waals surface area (Å²) in [5.74, 6) is -0.648. The zero-order valence-corrected chi connectivity index (χ0v) is 10.4. The predicted molar refractivity (Wildman–Crippen MR) is 71.1 cm³/mol. The number of aromatic nitrogens is 1. The second-order valence-electron chi connectivity index (χ2n) is 4.01. The fraction of sp³-hybridized carbons (Fsp3) is 0. The third-order valence-corrected chi connectivity index (χ3v) is 3.67. The molecule has 0 amide bonds. The van der Waals surface area contributed by atoms with Gasteiger partial charge in [0, 0.05) is 5.56 Å². The van der Waals surface area contributed by atoms with Crippen LogP contribution in [0.25, 0.3) is 10.2 Å². The Morgan fingerprint density at radius 1 is 1.21 bits per heavy atom. The average Bonchev–Trinajstić information content (AvgIpc) is 2.80. The molecule has 0 aliphatic rings. The maximum atomic E-state index is 13.1. The number of benzene rings is 2. The molecule has 0 saturated heterocycles. The van der Waals surface area contributed by atoms with E-state index in [4.69, 9.17) is 0 Å². The number of hydrogen-bond acceptors (Lipinski definition) is 4. The van der Waals surface area contributed by atoms with Crippen LogP contribution in [0.4, 0.5) is 4.39 Å². The van der Waals surface area contributed by atoms with Crippen LogP contribution in [0, 0.1) is 5.82 Å². The molecule has 19 heavy (non-hydrogen) atoms. The van der Waals surface area contributed by atoms with Gasteiger partial charge in [0.15, 0.2) is 5.01 Å². The van der Waals surface area contributed by atoms with Crippen molar-refractivity contribution in [3.05, 3.63) is 58.9 Å². The Bertz CT molecular complexity index is 782. The summed E-state index contributed by atoms with van der Waals surface area (Å²) in [7, 11) is 0. The van der Waals surface area contributed by atoms with Crippen molar-refractivity contribution in [2.75, 3.05) is 0 Å². The third kappa shape index (κ3) is 2.20. The molecule has 5 heteroatoms. The Labute approximate surface area is 112 Å². The lowest BCUT2D eigenvalue weighted by Crippen LogP contribution is -2.00. The molecule has 0 atom stereocenters. The molecule has 0 aliphatic carbocycles.